The fourth-order valence-corrected chi connectivity index (χ4v) is 5.94. The van der Waals surface area contributed by atoms with Crippen LogP contribution in [0.1, 0.15) is 66.7 Å². The van der Waals surface area contributed by atoms with Gasteiger partial charge in [-0.2, -0.15) is 0 Å². The Morgan fingerprint density at radius 2 is 2.12 bits per heavy atom. The van der Waals surface area contributed by atoms with E-state index in [0.29, 0.717) is 12.8 Å². The van der Waals surface area contributed by atoms with Crippen molar-refractivity contribution in [3.8, 4) is 0 Å². The maximum absolute atomic E-state index is 13.8. The lowest BCUT2D eigenvalue weighted by Crippen LogP contribution is -2.71. The van der Waals surface area contributed by atoms with Gasteiger partial charge in [-0.05, 0) is 37.7 Å². The number of halogens is 1. The third-order valence-electron chi connectivity index (χ3n) is 7.78. The summed E-state index contributed by atoms with van der Waals surface area (Å²) in [5.74, 6) is -3.71. The highest BCUT2D eigenvalue weighted by Gasteiger charge is 2.69. The molecule has 9 heteroatoms. The zero-order valence-corrected chi connectivity index (χ0v) is 20.0. The first-order valence-electron chi connectivity index (χ1n) is 11.9. The zero-order valence-electron chi connectivity index (χ0n) is 20.0. The molecule has 0 unspecified atom stereocenters. The van der Waals surface area contributed by atoms with Crippen molar-refractivity contribution in [2.24, 2.45) is 23.7 Å². The summed E-state index contributed by atoms with van der Waals surface area (Å²) in [6.45, 7) is 10.1. The molecule has 4 fully saturated rings. The van der Waals surface area contributed by atoms with E-state index in [4.69, 9.17) is 19.2 Å². The Morgan fingerprint density at radius 1 is 1.36 bits per heavy atom. The van der Waals surface area contributed by atoms with E-state index in [1.807, 2.05) is 13.8 Å². The summed E-state index contributed by atoms with van der Waals surface area (Å²) in [4.78, 5) is 28.1. The molecular formula is C24H35FN2O6. The van der Waals surface area contributed by atoms with Crippen LogP contribution in [0.4, 0.5) is 10.1 Å². The first kappa shape index (κ1) is 24.5. The van der Waals surface area contributed by atoms with Crippen LogP contribution in [0.25, 0.3) is 0 Å². The predicted molar refractivity (Wildman–Crippen MR) is 117 cm³/mol. The van der Waals surface area contributed by atoms with Gasteiger partial charge in [0.1, 0.15) is 0 Å². The highest BCUT2D eigenvalue weighted by atomic mass is 19.1. The van der Waals surface area contributed by atoms with Crippen LogP contribution >= 0.6 is 0 Å². The van der Waals surface area contributed by atoms with Crippen LogP contribution in [0.5, 0.6) is 0 Å². The molecule has 1 spiro atoms. The SMILES string of the molecule is CC[C@H]1[C@@H](C)[C@@](O)(CCC(=O)Nc2ccncc2F)O[C@@H]2O[C@]3(C)CC[C@@H](C(C)C)[C@]21OO3. The van der Waals surface area contributed by atoms with Crippen molar-refractivity contribution >= 4 is 11.6 Å². The van der Waals surface area contributed by atoms with Crippen LogP contribution < -0.4 is 5.32 Å². The number of anilines is 1. The molecule has 2 bridgehead atoms. The lowest BCUT2D eigenvalue weighted by Gasteiger charge is -2.60. The third-order valence-corrected chi connectivity index (χ3v) is 7.78. The van der Waals surface area contributed by atoms with Gasteiger partial charge in [-0.1, -0.05) is 27.7 Å². The molecule has 1 aromatic rings. The van der Waals surface area contributed by atoms with Crippen molar-refractivity contribution < 1.29 is 33.5 Å². The Balaban J connectivity index is 1.56. The molecule has 7 atom stereocenters. The van der Waals surface area contributed by atoms with Crippen molar-refractivity contribution in [2.75, 3.05) is 5.32 Å². The number of pyridine rings is 1. The minimum Gasteiger partial charge on any atom is -0.365 e. The van der Waals surface area contributed by atoms with Gasteiger partial charge in [0.15, 0.2) is 23.5 Å². The number of nitrogens with zero attached hydrogens (tertiary/aromatic N) is 1. The van der Waals surface area contributed by atoms with E-state index in [-0.39, 0.29) is 42.2 Å². The molecule has 0 radical (unpaired) electrons. The maximum Gasteiger partial charge on any atom is 0.224 e. The van der Waals surface area contributed by atoms with Gasteiger partial charge in [-0.3, -0.25) is 9.78 Å². The quantitative estimate of drug-likeness (QED) is 0.608. The normalized spacial score (nSPS) is 40.4. The summed E-state index contributed by atoms with van der Waals surface area (Å²) in [6.07, 6.45) is 3.80. The van der Waals surface area contributed by atoms with Crippen molar-refractivity contribution in [1.82, 2.24) is 4.98 Å². The lowest BCUT2D eigenvalue weighted by molar-refractivity contribution is -0.583. The molecule has 1 aromatic heterocycles. The van der Waals surface area contributed by atoms with Crippen LogP contribution in [-0.2, 0) is 24.0 Å². The minimum absolute atomic E-state index is 0.0308. The molecule has 2 N–H and O–H groups in total. The van der Waals surface area contributed by atoms with Crippen LogP contribution in [0, 0.1) is 29.5 Å². The van der Waals surface area contributed by atoms with E-state index in [9.17, 15) is 14.3 Å². The molecule has 0 aromatic carbocycles. The molecule has 4 aliphatic heterocycles. The number of aromatic nitrogens is 1. The lowest BCUT2D eigenvalue weighted by atomic mass is 9.62. The van der Waals surface area contributed by atoms with Gasteiger partial charge in [0.2, 0.25) is 11.7 Å². The molecule has 184 valence electrons. The average Bonchev–Trinajstić information content (AvgIpc) is 2.98. The Hall–Kier alpha value is -1.65. The van der Waals surface area contributed by atoms with Gasteiger partial charge >= 0.3 is 0 Å². The maximum atomic E-state index is 13.8. The first-order chi connectivity index (χ1) is 15.5. The Labute approximate surface area is 194 Å². The predicted octanol–water partition coefficient (Wildman–Crippen LogP) is 4.15. The summed E-state index contributed by atoms with van der Waals surface area (Å²) in [5.41, 5.74) is -0.805. The fourth-order valence-electron chi connectivity index (χ4n) is 5.94. The van der Waals surface area contributed by atoms with Gasteiger partial charge in [0.05, 0.1) is 11.9 Å². The van der Waals surface area contributed by atoms with Gasteiger partial charge < -0.3 is 19.9 Å². The molecule has 4 aliphatic rings. The van der Waals surface area contributed by atoms with Crippen molar-refractivity contribution in [2.45, 2.75) is 90.2 Å². The van der Waals surface area contributed by atoms with Crippen LogP contribution in [0.15, 0.2) is 18.5 Å². The summed E-state index contributed by atoms with van der Waals surface area (Å²) in [7, 11) is 0. The summed E-state index contributed by atoms with van der Waals surface area (Å²) in [6, 6.07) is 1.39. The number of amides is 1. The summed E-state index contributed by atoms with van der Waals surface area (Å²) < 4.78 is 26.4. The number of aliphatic hydroxyl groups is 1. The van der Waals surface area contributed by atoms with E-state index in [1.54, 1.807) is 0 Å². The number of fused-ring (bicyclic) bond motifs is 3. The number of ether oxygens (including phenoxy) is 2. The van der Waals surface area contributed by atoms with Crippen LogP contribution in [-0.4, -0.2) is 39.5 Å². The second-order valence-electron chi connectivity index (χ2n) is 10.2. The highest BCUT2D eigenvalue weighted by molar-refractivity contribution is 5.90. The van der Waals surface area contributed by atoms with E-state index < -0.39 is 35.2 Å². The van der Waals surface area contributed by atoms with Gasteiger partial charge in [0, 0.05) is 37.3 Å². The zero-order chi connectivity index (χ0) is 24.0. The first-order valence-corrected chi connectivity index (χ1v) is 11.9. The standard InChI is InChI=1S/C24H35FN2O6/c1-6-16-15(4)23(29,11-8-20(28)27-19-9-12-26-13-18(19)25)31-21-24(16)17(14(2)3)7-10-22(5,30-21)32-33-24/h9,12-17,21,29H,6-8,10-11H2,1-5H3,(H,26,27,28)/t15-,16+,17+,21+,22+,23-,24+/m1/s1. The van der Waals surface area contributed by atoms with Gasteiger partial charge in [0.25, 0.3) is 0 Å². The second kappa shape index (κ2) is 8.85. The summed E-state index contributed by atoms with van der Waals surface area (Å²) >= 11 is 0. The highest BCUT2D eigenvalue weighted by Crippen LogP contribution is 2.59. The Kier molecular flexibility index (Phi) is 6.56. The number of carbonyl (C=O) groups is 1. The molecule has 8 nitrogen and oxygen atoms in total. The van der Waals surface area contributed by atoms with Crippen LogP contribution in [0.3, 0.4) is 0 Å². The van der Waals surface area contributed by atoms with Gasteiger partial charge in [-0.15, -0.1) is 0 Å². The largest absolute Gasteiger partial charge is 0.365 e. The Morgan fingerprint density at radius 3 is 2.79 bits per heavy atom. The van der Waals surface area contributed by atoms with Gasteiger partial charge in [-0.25, -0.2) is 14.2 Å². The average molecular weight is 467 g/mol. The third kappa shape index (κ3) is 4.18. The minimum atomic E-state index is -1.61. The number of hydrogen-bond donors (Lipinski definition) is 2. The smallest absolute Gasteiger partial charge is 0.224 e. The summed E-state index contributed by atoms with van der Waals surface area (Å²) in [5, 5.41) is 14.1. The van der Waals surface area contributed by atoms with Crippen molar-refractivity contribution in [1.29, 1.82) is 0 Å². The number of carbonyl (C=O) groups excluding carboxylic acids is 1. The number of rotatable bonds is 6. The Bertz CT molecular complexity index is 886. The van der Waals surface area contributed by atoms with E-state index in [1.165, 1.54) is 12.3 Å². The topological polar surface area (TPSA) is 99.1 Å². The van der Waals surface area contributed by atoms with E-state index in [0.717, 1.165) is 12.6 Å². The number of hydrogen-bond acceptors (Lipinski definition) is 7. The van der Waals surface area contributed by atoms with E-state index >= 15 is 0 Å². The van der Waals surface area contributed by atoms with Crippen molar-refractivity contribution in [3.05, 3.63) is 24.3 Å². The van der Waals surface area contributed by atoms with E-state index in [2.05, 4.69) is 31.1 Å². The monoisotopic (exact) mass is 466 g/mol. The number of nitrogens with one attached hydrogen (secondary N) is 1. The van der Waals surface area contributed by atoms with Crippen molar-refractivity contribution in [3.63, 3.8) is 0 Å². The molecular weight excluding hydrogens is 431 g/mol. The molecule has 0 saturated carbocycles. The molecule has 33 heavy (non-hydrogen) atoms. The molecule has 4 saturated heterocycles. The van der Waals surface area contributed by atoms with Crippen LogP contribution in [0.2, 0.25) is 0 Å². The molecule has 1 amide bonds. The molecule has 5 rings (SSSR count). The fraction of sp³-hybridized carbons (Fsp3) is 0.750. The second-order valence-corrected chi connectivity index (χ2v) is 10.2. The molecule has 0 aliphatic carbocycles. The molecule has 5 heterocycles.